The molecule has 0 aliphatic carbocycles. The molecule has 2 aromatic carbocycles. The van der Waals surface area contributed by atoms with Crippen molar-refractivity contribution in [2.75, 3.05) is 44.6 Å². The highest BCUT2D eigenvalue weighted by molar-refractivity contribution is 5.99. The van der Waals surface area contributed by atoms with E-state index in [1.165, 1.54) is 12.1 Å². The van der Waals surface area contributed by atoms with Crippen molar-refractivity contribution in [3.63, 3.8) is 0 Å². The number of carbonyl (C=O) groups excluding carboxylic acids is 2. The summed E-state index contributed by atoms with van der Waals surface area (Å²) < 4.78 is 13.6. The lowest BCUT2D eigenvalue weighted by Gasteiger charge is -2.32. The molecule has 1 saturated heterocycles. The fourth-order valence-electron chi connectivity index (χ4n) is 4.43. The summed E-state index contributed by atoms with van der Waals surface area (Å²) in [5.74, 6) is -0.417. The number of hydrogen-bond acceptors (Lipinski definition) is 7. The lowest BCUT2D eigenvalue weighted by molar-refractivity contribution is -0.125. The quantitative estimate of drug-likeness (QED) is 0.324. The number of rotatable bonds is 10. The maximum atomic E-state index is 13.6. The third-order valence-electron chi connectivity index (χ3n) is 6.22. The van der Waals surface area contributed by atoms with Crippen molar-refractivity contribution in [3.05, 3.63) is 83.2 Å². The zero-order valence-corrected chi connectivity index (χ0v) is 20.9. The summed E-state index contributed by atoms with van der Waals surface area (Å²) in [5, 5.41) is 18.5. The van der Waals surface area contributed by atoms with Gasteiger partial charge in [-0.2, -0.15) is 5.26 Å². The molecular weight excluding hydrogens is 485 g/mol. The zero-order valence-electron chi connectivity index (χ0n) is 20.9. The fourth-order valence-corrected chi connectivity index (χ4v) is 4.43. The molecule has 2 amide bonds. The SMILES string of the molecule is N#Cc1ccccc1-c1ccc(C(=O)NCC2CN(CCN)CC(=O)N2)c(NCCc2cccc(F)c2)n1. The number of amides is 2. The van der Waals surface area contributed by atoms with Gasteiger partial charge >= 0.3 is 0 Å². The minimum atomic E-state index is -0.351. The van der Waals surface area contributed by atoms with Crippen molar-refractivity contribution in [3.8, 4) is 17.3 Å². The largest absolute Gasteiger partial charge is 0.369 e. The molecule has 1 aromatic heterocycles. The van der Waals surface area contributed by atoms with E-state index < -0.39 is 0 Å². The molecule has 1 atom stereocenters. The third kappa shape index (κ3) is 6.91. The first-order valence-electron chi connectivity index (χ1n) is 12.5. The third-order valence-corrected chi connectivity index (χ3v) is 6.22. The fraction of sp³-hybridized carbons (Fsp3) is 0.286. The first-order valence-corrected chi connectivity index (χ1v) is 12.5. The van der Waals surface area contributed by atoms with Crippen LogP contribution in [0.3, 0.4) is 0 Å². The topological polar surface area (TPSA) is 136 Å². The molecule has 10 heteroatoms. The van der Waals surface area contributed by atoms with Crippen LogP contribution in [0, 0.1) is 17.1 Å². The molecule has 0 radical (unpaired) electrons. The summed E-state index contributed by atoms with van der Waals surface area (Å²) in [4.78, 5) is 31.9. The van der Waals surface area contributed by atoms with Gasteiger partial charge in [0.2, 0.25) is 5.91 Å². The van der Waals surface area contributed by atoms with Crippen molar-refractivity contribution < 1.29 is 14.0 Å². The van der Waals surface area contributed by atoms with Crippen molar-refractivity contribution in [2.45, 2.75) is 12.5 Å². The van der Waals surface area contributed by atoms with Gasteiger partial charge in [-0.1, -0.05) is 30.3 Å². The number of pyridine rings is 1. The number of nitriles is 1. The van der Waals surface area contributed by atoms with Crippen molar-refractivity contribution in [1.82, 2.24) is 20.5 Å². The second kappa shape index (κ2) is 12.8. The van der Waals surface area contributed by atoms with Gasteiger partial charge in [-0.25, -0.2) is 9.37 Å². The number of anilines is 1. The van der Waals surface area contributed by atoms with E-state index in [0.717, 1.165) is 5.56 Å². The molecule has 0 saturated carbocycles. The minimum absolute atomic E-state index is 0.106. The summed E-state index contributed by atoms with van der Waals surface area (Å²) in [5.41, 5.74) is 8.43. The second-order valence-electron chi connectivity index (χ2n) is 9.05. The molecule has 38 heavy (non-hydrogen) atoms. The number of nitrogens with two attached hydrogens (primary N) is 1. The molecule has 2 heterocycles. The van der Waals surface area contributed by atoms with Crippen LogP contribution >= 0.6 is 0 Å². The number of halogens is 1. The summed E-state index contributed by atoms with van der Waals surface area (Å²) in [7, 11) is 0. The summed E-state index contributed by atoms with van der Waals surface area (Å²) in [6.07, 6.45) is 0.518. The Labute approximate surface area is 220 Å². The Morgan fingerprint density at radius 3 is 2.84 bits per heavy atom. The van der Waals surface area contributed by atoms with Crippen LogP contribution in [-0.4, -0.2) is 67.0 Å². The number of nitrogens with one attached hydrogen (secondary N) is 3. The monoisotopic (exact) mass is 515 g/mol. The second-order valence-corrected chi connectivity index (χ2v) is 9.05. The van der Waals surface area contributed by atoms with Crippen molar-refractivity contribution in [1.29, 1.82) is 5.26 Å². The molecule has 1 fully saturated rings. The van der Waals surface area contributed by atoms with Crippen LogP contribution in [0.2, 0.25) is 0 Å². The van der Waals surface area contributed by atoms with Gasteiger partial charge in [0.15, 0.2) is 0 Å². The van der Waals surface area contributed by atoms with Crippen molar-refractivity contribution >= 4 is 17.6 Å². The van der Waals surface area contributed by atoms with Crippen LogP contribution in [0.5, 0.6) is 0 Å². The lowest BCUT2D eigenvalue weighted by Crippen LogP contribution is -2.58. The Kier molecular flexibility index (Phi) is 8.98. The van der Waals surface area contributed by atoms with E-state index in [0.29, 0.717) is 60.8 Å². The number of hydrogen-bond donors (Lipinski definition) is 4. The number of aromatic nitrogens is 1. The molecule has 1 aliphatic rings. The van der Waals surface area contributed by atoms with E-state index in [9.17, 15) is 19.2 Å². The van der Waals surface area contributed by atoms with Gasteiger partial charge in [0.05, 0.1) is 35.5 Å². The predicted octanol–water partition coefficient (Wildman–Crippen LogP) is 1.90. The van der Waals surface area contributed by atoms with Crippen molar-refractivity contribution in [2.24, 2.45) is 5.73 Å². The summed E-state index contributed by atoms with van der Waals surface area (Å²) in [6.45, 7) is 2.58. The number of nitrogens with zero attached hydrogens (tertiary/aromatic N) is 3. The van der Waals surface area contributed by atoms with Crippen LogP contribution in [0.15, 0.2) is 60.7 Å². The van der Waals surface area contributed by atoms with E-state index in [-0.39, 0.29) is 36.8 Å². The van der Waals surface area contributed by atoms with E-state index in [1.54, 1.807) is 36.4 Å². The van der Waals surface area contributed by atoms with E-state index in [1.807, 2.05) is 17.0 Å². The van der Waals surface area contributed by atoms with E-state index >= 15 is 0 Å². The molecule has 0 bridgehead atoms. The Morgan fingerprint density at radius 2 is 2.05 bits per heavy atom. The first kappa shape index (κ1) is 26.7. The highest BCUT2D eigenvalue weighted by atomic mass is 19.1. The van der Waals surface area contributed by atoms with E-state index in [2.05, 4.69) is 27.0 Å². The number of benzene rings is 2. The normalized spacial score (nSPS) is 15.4. The summed E-state index contributed by atoms with van der Waals surface area (Å²) in [6, 6.07) is 18.7. The molecular formula is C28H30FN7O2. The number of piperazine rings is 1. The smallest absolute Gasteiger partial charge is 0.255 e. The molecule has 1 unspecified atom stereocenters. The van der Waals surface area contributed by atoms with Crippen LogP contribution in [0.1, 0.15) is 21.5 Å². The van der Waals surface area contributed by atoms with Gasteiger partial charge in [-0.05, 0) is 42.3 Å². The average Bonchev–Trinajstić information content (AvgIpc) is 2.91. The van der Waals surface area contributed by atoms with Crippen LogP contribution in [0.25, 0.3) is 11.3 Å². The molecule has 1 aliphatic heterocycles. The van der Waals surface area contributed by atoms with Crippen LogP contribution < -0.4 is 21.7 Å². The molecule has 9 nitrogen and oxygen atoms in total. The first-order chi connectivity index (χ1) is 18.5. The lowest BCUT2D eigenvalue weighted by atomic mass is 10.0. The van der Waals surface area contributed by atoms with Gasteiger partial charge in [0.25, 0.3) is 5.91 Å². The van der Waals surface area contributed by atoms with Crippen LogP contribution in [0.4, 0.5) is 10.2 Å². The highest BCUT2D eigenvalue weighted by Crippen LogP contribution is 2.25. The molecule has 3 aromatic rings. The maximum absolute atomic E-state index is 13.6. The Hall–Kier alpha value is -4.33. The summed E-state index contributed by atoms with van der Waals surface area (Å²) >= 11 is 0. The van der Waals surface area contributed by atoms with Gasteiger partial charge in [0.1, 0.15) is 11.6 Å². The molecule has 5 N–H and O–H groups in total. The van der Waals surface area contributed by atoms with Gasteiger partial charge in [-0.15, -0.1) is 0 Å². The predicted molar refractivity (Wildman–Crippen MR) is 143 cm³/mol. The van der Waals surface area contributed by atoms with E-state index in [4.69, 9.17) is 5.73 Å². The number of carbonyl (C=O) groups is 2. The zero-order chi connectivity index (χ0) is 26.9. The standard InChI is InChI=1S/C28H30FN7O2/c29-21-6-3-4-19(14-21)10-12-32-27-24(8-9-25(35-27)23-7-2-1-5-20(23)15-31)28(38)33-16-22-17-36(13-11-30)18-26(37)34-22/h1-9,14,22H,10-13,16-18,30H2,(H,32,35)(H,33,38)(H,34,37). The maximum Gasteiger partial charge on any atom is 0.255 e. The Bertz CT molecular complexity index is 1340. The van der Waals surface area contributed by atoms with Gasteiger partial charge < -0.3 is 21.7 Å². The minimum Gasteiger partial charge on any atom is -0.369 e. The molecule has 4 rings (SSSR count). The Morgan fingerprint density at radius 1 is 1.21 bits per heavy atom. The average molecular weight is 516 g/mol. The molecule has 0 spiro atoms. The Balaban J connectivity index is 1.52. The van der Waals surface area contributed by atoms with Gasteiger partial charge in [-0.3, -0.25) is 14.5 Å². The van der Waals surface area contributed by atoms with Gasteiger partial charge in [0, 0.05) is 38.3 Å². The highest BCUT2D eigenvalue weighted by Gasteiger charge is 2.25. The molecule has 196 valence electrons. The van der Waals surface area contributed by atoms with Crippen LogP contribution in [-0.2, 0) is 11.2 Å².